The molecule has 1 aliphatic heterocycles. The van der Waals surface area contributed by atoms with E-state index in [0.717, 1.165) is 13.1 Å². The lowest BCUT2D eigenvalue weighted by molar-refractivity contribution is 0.0619. The summed E-state index contributed by atoms with van der Waals surface area (Å²) in [7, 11) is 0. The van der Waals surface area contributed by atoms with Crippen LogP contribution in [0.2, 0.25) is 0 Å². The van der Waals surface area contributed by atoms with Gasteiger partial charge in [-0.25, -0.2) is 4.39 Å². The van der Waals surface area contributed by atoms with E-state index in [4.69, 9.17) is 10.00 Å². The summed E-state index contributed by atoms with van der Waals surface area (Å²) in [5.74, 6) is -0.148. The molecular formula is C20H20FN3O2. The number of hydrogen-bond donors (Lipinski definition) is 0. The van der Waals surface area contributed by atoms with Crippen molar-refractivity contribution in [2.45, 2.75) is 0 Å². The van der Waals surface area contributed by atoms with Gasteiger partial charge >= 0.3 is 0 Å². The SMILES string of the molecule is N#Cc1cccc(C(=O)N2CCN(CCOc3ccccc3F)CC2)c1. The lowest BCUT2D eigenvalue weighted by atomic mass is 10.1. The number of ether oxygens (including phenoxy) is 1. The molecule has 2 aromatic carbocycles. The lowest BCUT2D eigenvalue weighted by Crippen LogP contribution is -2.49. The summed E-state index contributed by atoms with van der Waals surface area (Å²) < 4.78 is 19.0. The highest BCUT2D eigenvalue weighted by Crippen LogP contribution is 2.15. The first-order chi connectivity index (χ1) is 12.7. The number of piperazine rings is 1. The molecule has 0 spiro atoms. The fraction of sp³-hybridized carbons (Fsp3) is 0.300. The van der Waals surface area contributed by atoms with E-state index in [1.807, 2.05) is 0 Å². The van der Waals surface area contributed by atoms with Crippen LogP contribution in [0.4, 0.5) is 4.39 Å². The van der Waals surface area contributed by atoms with Gasteiger partial charge in [-0.05, 0) is 30.3 Å². The molecular weight excluding hydrogens is 333 g/mol. The van der Waals surface area contributed by atoms with E-state index < -0.39 is 0 Å². The Morgan fingerprint density at radius 1 is 1.12 bits per heavy atom. The molecule has 134 valence electrons. The maximum absolute atomic E-state index is 13.5. The van der Waals surface area contributed by atoms with Crippen molar-refractivity contribution >= 4 is 5.91 Å². The van der Waals surface area contributed by atoms with Gasteiger partial charge in [0.2, 0.25) is 0 Å². The van der Waals surface area contributed by atoms with Crippen LogP contribution in [0.5, 0.6) is 5.75 Å². The van der Waals surface area contributed by atoms with Crippen LogP contribution in [0, 0.1) is 17.1 Å². The van der Waals surface area contributed by atoms with Gasteiger partial charge in [-0.15, -0.1) is 0 Å². The molecule has 26 heavy (non-hydrogen) atoms. The molecule has 0 aliphatic carbocycles. The third-order valence-electron chi connectivity index (χ3n) is 4.40. The van der Waals surface area contributed by atoms with E-state index >= 15 is 0 Å². The Morgan fingerprint density at radius 2 is 1.88 bits per heavy atom. The first-order valence-electron chi connectivity index (χ1n) is 8.56. The van der Waals surface area contributed by atoms with Crippen molar-refractivity contribution in [1.29, 1.82) is 5.26 Å². The summed E-state index contributed by atoms with van der Waals surface area (Å²) in [4.78, 5) is 16.5. The Kier molecular flexibility index (Phi) is 5.82. The fourth-order valence-corrected chi connectivity index (χ4v) is 2.93. The standard InChI is InChI=1S/C20H20FN3O2/c21-18-6-1-2-7-19(18)26-13-12-23-8-10-24(11-9-23)20(25)17-5-3-4-16(14-17)15-22/h1-7,14H,8-13H2. The molecule has 1 fully saturated rings. The van der Waals surface area contributed by atoms with Gasteiger partial charge in [0.25, 0.3) is 5.91 Å². The Morgan fingerprint density at radius 3 is 2.62 bits per heavy atom. The minimum Gasteiger partial charge on any atom is -0.489 e. The van der Waals surface area contributed by atoms with Gasteiger partial charge in [0.15, 0.2) is 11.6 Å². The molecule has 0 bridgehead atoms. The highest BCUT2D eigenvalue weighted by Gasteiger charge is 2.22. The second-order valence-corrected chi connectivity index (χ2v) is 6.11. The Balaban J connectivity index is 1.46. The van der Waals surface area contributed by atoms with Crippen molar-refractivity contribution in [3.05, 3.63) is 65.5 Å². The second-order valence-electron chi connectivity index (χ2n) is 6.11. The minimum atomic E-state index is -0.359. The van der Waals surface area contributed by atoms with Crippen molar-refractivity contribution in [2.24, 2.45) is 0 Å². The third kappa shape index (κ3) is 4.38. The van der Waals surface area contributed by atoms with E-state index in [9.17, 15) is 9.18 Å². The van der Waals surface area contributed by atoms with Crippen LogP contribution in [0.25, 0.3) is 0 Å². The number of nitriles is 1. The molecule has 3 rings (SSSR count). The Labute approximate surface area is 152 Å². The maximum atomic E-state index is 13.5. The van der Waals surface area contributed by atoms with Crippen molar-refractivity contribution in [2.75, 3.05) is 39.3 Å². The number of amides is 1. The van der Waals surface area contributed by atoms with Gasteiger partial charge in [-0.1, -0.05) is 18.2 Å². The van der Waals surface area contributed by atoms with Crippen molar-refractivity contribution in [1.82, 2.24) is 9.80 Å². The number of para-hydroxylation sites is 1. The Bertz CT molecular complexity index is 811. The number of nitrogens with zero attached hydrogens (tertiary/aromatic N) is 3. The fourth-order valence-electron chi connectivity index (χ4n) is 2.93. The number of rotatable bonds is 5. The average Bonchev–Trinajstić information content (AvgIpc) is 2.69. The van der Waals surface area contributed by atoms with Crippen molar-refractivity contribution < 1.29 is 13.9 Å². The molecule has 1 amide bonds. The van der Waals surface area contributed by atoms with Crippen LogP contribution in [-0.2, 0) is 0 Å². The largest absolute Gasteiger partial charge is 0.489 e. The van der Waals surface area contributed by atoms with Crippen LogP contribution >= 0.6 is 0 Å². The molecule has 1 saturated heterocycles. The van der Waals surface area contributed by atoms with Crippen molar-refractivity contribution in [3.8, 4) is 11.8 Å². The van der Waals surface area contributed by atoms with Gasteiger partial charge in [-0.2, -0.15) is 5.26 Å². The molecule has 0 N–H and O–H groups in total. The monoisotopic (exact) mass is 353 g/mol. The van der Waals surface area contributed by atoms with Crippen LogP contribution < -0.4 is 4.74 Å². The topological polar surface area (TPSA) is 56.6 Å². The molecule has 5 nitrogen and oxygen atoms in total. The third-order valence-corrected chi connectivity index (χ3v) is 4.40. The van der Waals surface area contributed by atoms with E-state index in [-0.39, 0.29) is 17.5 Å². The first kappa shape index (κ1) is 17.9. The number of benzene rings is 2. The normalized spacial score (nSPS) is 14.7. The molecule has 0 aromatic heterocycles. The van der Waals surface area contributed by atoms with Crippen LogP contribution in [0.15, 0.2) is 48.5 Å². The Hall–Kier alpha value is -2.91. The quantitative estimate of drug-likeness (QED) is 0.829. The smallest absolute Gasteiger partial charge is 0.253 e. The minimum absolute atomic E-state index is 0.0515. The van der Waals surface area contributed by atoms with Gasteiger partial charge in [-0.3, -0.25) is 9.69 Å². The molecule has 6 heteroatoms. The molecule has 0 unspecified atom stereocenters. The van der Waals surface area contributed by atoms with E-state index in [0.29, 0.717) is 37.4 Å². The maximum Gasteiger partial charge on any atom is 0.253 e. The number of halogens is 1. The van der Waals surface area contributed by atoms with Crippen LogP contribution in [0.3, 0.4) is 0 Å². The highest BCUT2D eigenvalue weighted by molar-refractivity contribution is 5.94. The average molecular weight is 353 g/mol. The lowest BCUT2D eigenvalue weighted by Gasteiger charge is -2.34. The first-order valence-corrected chi connectivity index (χ1v) is 8.56. The summed E-state index contributed by atoms with van der Waals surface area (Å²) >= 11 is 0. The summed E-state index contributed by atoms with van der Waals surface area (Å²) in [6.07, 6.45) is 0. The summed E-state index contributed by atoms with van der Waals surface area (Å²) in [6.45, 7) is 3.80. The van der Waals surface area contributed by atoms with Gasteiger partial charge in [0.05, 0.1) is 11.6 Å². The highest BCUT2D eigenvalue weighted by atomic mass is 19.1. The molecule has 1 aliphatic rings. The predicted octanol–water partition coefficient (Wildman–Crippen LogP) is 2.53. The number of carbonyl (C=O) groups is 1. The molecule has 0 saturated carbocycles. The van der Waals surface area contributed by atoms with Gasteiger partial charge in [0, 0.05) is 38.3 Å². The molecule has 0 radical (unpaired) electrons. The van der Waals surface area contributed by atoms with Crippen LogP contribution in [0.1, 0.15) is 15.9 Å². The number of hydrogen-bond acceptors (Lipinski definition) is 4. The molecule has 0 atom stereocenters. The second kappa shape index (κ2) is 8.45. The van der Waals surface area contributed by atoms with E-state index in [2.05, 4.69) is 11.0 Å². The zero-order chi connectivity index (χ0) is 18.4. The molecule has 1 heterocycles. The van der Waals surface area contributed by atoms with E-state index in [1.165, 1.54) is 6.07 Å². The zero-order valence-corrected chi connectivity index (χ0v) is 14.4. The zero-order valence-electron chi connectivity index (χ0n) is 14.4. The van der Waals surface area contributed by atoms with Crippen LogP contribution in [-0.4, -0.2) is 55.0 Å². The molecule has 2 aromatic rings. The summed E-state index contributed by atoms with van der Waals surface area (Å²) in [6, 6.07) is 15.2. The summed E-state index contributed by atoms with van der Waals surface area (Å²) in [5.41, 5.74) is 1.03. The number of carbonyl (C=O) groups excluding carboxylic acids is 1. The van der Waals surface area contributed by atoms with Gasteiger partial charge < -0.3 is 9.64 Å². The van der Waals surface area contributed by atoms with Gasteiger partial charge in [0.1, 0.15) is 6.61 Å². The summed E-state index contributed by atoms with van der Waals surface area (Å²) in [5, 5.41) is 8.95. The van der Waals surface area contributed by atoms with E-state index in [1.54, 1.807) is 47.4 Å². The predicted molar refractivity (Wildman–Crippen MR) is 95.4 cm³/mol. The van der Waals surface area contributed by atoms with Crippen molar-refractivity contribution in [3.63, 3.8) is 0 Å².